The van der Waals surface area contributed by atoms with Crippen molar-refractivity contribution in [1.82, 2.24) is 30.0 Å². The minimum atomic E-state index is -0.244. The highest BCUT2D eigenvalue weighted by Gasteiger charge is 2.27. The van der Waals surface area contributed by atoms with Crippen LogP contribution >= 0.6 is 0 Å². The molecule has 0 unspecified atom stereocenters. The number of nitrogens with one attached hydrogen (secondary N) is 2. The summed E-state index contributed by atoms with van der Waals surface area (Å²) in [6, 6.07) is 11.3. The average molecular weight is 537 g/mol. The van der Waals surface area contributed by atoms with Gasteiger partial charge in [0.25, 0.3) is 11.8 Å². The Kier molecular flexibility index (Phi) is 7.73. The molecule has 10 nitrogen and oxygen atoms in total. The smallest absolute Gasteiger partial charge is 0.296 e. The van der Waals surface area contributed by atoms with E-state index in [-0.39, 0.29) is 23.9 Å². The lowest BCUT2D eigenvalue weighted by Gasteiger charge is -2.28. The Morgan fingerprint density at radius 2 is 1.80 bits per heavy atom. The molecule has 1 saturated carbocycles. The van der Waals surface area contributed by atoms with Gasteiger partial charge in [0, 0.05) is 23.4 Å². The van der Waals surface area contributed by atoms with Crippen LogP contribution in [0.3, 0.4) is 0 Å². The Hall–Kier alpha value is -4.78. The van der Waals surface area contributed by atoms with E-state index in [1.807, 2.05) is 28.9 Å². The molecule has 0 radical (unpaired) electrons. The first-order valence-electron chi connectivity index (χ1n) is 13.4. The monoisotopic (exact) mass is 536 g/mol. The van der Waals surface area contributed by atoms with Gasteiger partial charge in [-0.1, -0.05) is 31.9 Å². The second-order valence-corrected chi connectivity index (χ2v) is 10.3. The number of amides is 2. The maximum atomic E-state index is 12.9. The van der Waals surface area contributed by atoms with E-state index in [9.17, 15) is 9.59 Å². The number of carbonyl (C=O) groups excluding carboxylic acids is 2. The third-order valence-corrected chi connectivity index (χ3v) is 7.25. The third-order valence-electron chi connectivity index (χ3n) is 7.25. The summed E-state index contributed by atoms with van der Waals surface area (Å²) >= 11 is 0. The lowest BCUT2D eigenvalue weighted by atomic mass is 9.91. The third kappa shape index (κ3) is 5.64. The first-order chi connectivity index (χ1) is 19.3. The highest BCUT2D eigenvalue weighted by Crippen LogP contribution is 2.36. The molecular formula is C30H32N8O2. The number of nitrogens with zero attached hydrogens (tertiary/aromatic N) is 5. The van der Waals surface area contributed by atoms with Gasteiger partial charge in [-0.15, -0.1) is 0 Å². The Labute approximate surface area is 232 Å². The van der Waals surface area contributed by atoms with Gasteiger partial charge in [-0.2, -0.15) is 5.10 Å². The molecule has 0 bridgehead atoms. The molecular weight excluding hydrogens is 504 g/mol. The lowest BCUT2D eigenvalue weighted by Crippen LogP contribution is -2.37. The van der Waals surface area contributed by atoms with Crippen molar-refractivity contribution < 1.29 is 9.59 Å². The van der Waals surface area contributed by atoms with E-state index in [1.54, 1.807) is 25.3 Å². The molecule has 3 heterocycles. The topological polar surface area (TPSA) is 141 Å². The number of benzene rings is 1. The zero-order valence-electron chi connectivity index (χ0n) is 22.8. The lowest BCUT2D eigenvalue weighted by molar-refractivity contribution is -0.116. The summed E-state index contributed by atoms with van der Waals surface area (Å²) < 4.78 is 1.93. The fourth-order valence-corrected chi connectivity index (χ4v) is 5.09. The van der Waals surface area contributed by atoms with Crippen molar-refractivity contribution in [3.8, 4) is 23.1 Å². The molecule has 5 rings (SSSR count). The normalized spacial score (nSPS) is 16.8. The second-order valence-electron chi connectivity index (χ2n) is 10.3. The molecule has 2 amide bonds. The van der Waals surface area contributed by atoms with Gasteiger partial charge in [0.05, 0.1) is 11.4 Å². The summed E-state index contributed by atoms with van der Waals surface area (Å²) in [6.45, 7) is 5.84. The number of nitrogens with two attached hydrogens (primary N) is 1. The van der Waals surface area contributed by atoms with E-state index in [0.717, 1.165) is 36.8 Å². The van der Waals surface area contributed by atoms with Gasteiger partial charge in [-0.05, 0) is 74.3 Å². The molecule has 40 heavy (non-hydrogen) atoms. The van der Waals surface area contributed by atoms with Crippen LogP contribution in [0.25, 0.3) is 22.3 Å². The first kappa shape index (κ1) is 26.8. The molecule has 0 atom stereocenters. The maximum absolute atomic E-state index is 12.9. The molecule has 0 spiro atoms. The summed E-state index contributed by atoms with van der Waals surface area (Å²) in [5, 5.41) is 11.5. The van der Waals surface area contributed by atoms with Crippen LogP contribution in [0, 0.1) is 11.8 Å². The Bertz CT molecular complexity index is 1610. The number of pyridine rings is 1. The van der Waals surface area contributed by atoms with E-state index in [4.69, 9.17) is 10.8 Å². The molecule has 204 valence electrons. The average Bonchev–Trinajstić information content (AvgIpc) is 3.35. The zero-order chi connectivity index (χ0) is 28.2. The molecule has 10 heteroatoms. The zero-order valence-corrected chi connectivity index (χ0v) is 22.8. The van der Waals surface area contributed by atoms with Gasteiger partial charge in [0.2, 0.25) is 0 Å². The highest BCUT2D eigenvalue weighted by atomic mass is 16.2. The maximum Gasteiger partial charge on any atom is 0.296 e. The molecule has 0 saturated heterocycles. The van der Waals surface area contributed by atoms with Gasteiger partial charge < -0.3 is 16.4 Å². The fourth-order valence-electron chi connectivity index (χ4n) is 5.09. The molecule has 4 aromatic rings. The van der Waals surface area contributed by atoms with Crippen molar-refractivity contribution in [2.24, 2.45) is 0 Å². The van der Waals surface area contributed by atoms with Crippen molar-refractivity contribution in [2.45, 2.75) is 64.5 Å². The number of rotatable bonds is 6. The summed E-state index contributed by atoms with van der Waals surface area (Å²) in [5.74, 6) is 5.89. The van der Waals surface area contributed by atoms with E-state index in [2.05, 4.69) is 51.3 Å². The molecule has 1 aliphatic carbocycles. The van der Waals surface area contributed by atoms with Crippen LogP contribution in [0.4, 0.5) is 11.6 Å². The molecule has 3 aromatic heterocycles. The van der Waals surface area contributed by atoms with Crippen LogP contribution < -0.4 is 16.4 Å². The van der Waals surface area contributed by atoms with Gasteiger partial charge >= 0.3 is 0 Å². The first-order valence-corrected chi connectivity index (χ1v) is 13.4. The van der Waals surface area contributed by atoms with E-state index in [1.165, 1.54) is 6.33 Å². The molecule has 1 fully saturated rings. The minimum absolute atomic E-state index is 0.0901. The van der Waals surface area contributed by atoms with E-state index in [0.29, 0.717) is 39.8 Å². The SMILES string of the molecule is CC#CC(=O)NC1CCC(n2nc(-c3ccc(C(=O)Nc4cc(C(C)C)ccn4)cc3)c3c(N)ncnc32)CC1. The molecule has 1 aliphatic rings. The standard InChI is InChI=1S/C30H32N8O2/c1-4-5-25(39)35-22-10-12-23(13-11-22)38-29-26(28(31)33-17-34-29)27(37-38)19-6-8-20(9-7-19)30(40)36-24-16-21(18(2)3)14-15-32-24/h6-9,14-18,22-23H,10-13H2,1-3H3,(H,35,39)(H2,31,33,34)(H,32,36,40). The predicted octanol–water partition coefficient (Wildman–Crippen LogP) is 4.47. The predicted molar refractivity (Wildman–Crippen MR) is 154 cm³/mol. The van der Waals surface area contributed by atoms with Crippen molar-refractivity contribution in [3.05, 3.63) is 60.0 Å². The summed E-state index contributed by atoms with van der Waals surface area (Å²) in [7, 11) is 0. The molecule has 0 aliphatic heterocycles. The molecule has 4 N–H and O–H groups in total. The Balaban J connectivity index is 1.36. The van der Waals surface area contributed by atoms with E-state index < -0.39 is 0 Å². The summed E-state index contributed by atoms with van der Waals surface area (Å²) in [6.07, 6.45) is 6.44. The van der Waals surface area contributed by atoms with Gasteiger partial charge in [-0.25, -0.2) is 19.6 Å². The van der Waals surface area contributed by atoms with E-state index >= 15 is 0 Å². The van der Waals surface area contributed by atoms with Crippen molar-refractivity contribution in [2.75, 3.05) is 11.1 Å². The summed E-state index contributed by atoms with van der Waals surface area (Å²) in [4.78, 5) is 37.8. The number of anilines is 2. The van der Waals surface area contributed by atoms with Gasteiger partial charge in [0.15, 0.2) is 5.65 Å². The van der Waals surface area contributed by atoms with Crippen LogP contribution in [0.15, 0.2) is 48.9 Å². The molecule has 1 aromatic carbocycles. The number of aromatic nitrogens is 5. The largest absolute Gasteiger partial charge is 0.383 e. The van der Waals surface area contributed by atoms with Crippen LogP contribution in [0.2, 0.25) is 0 Å². The van der Waals surface area contributed by atoms with Crippen molar-refractivity contribution >= 4 is 34.5 Å². The van der Waals surface area contributed by atoms with Crippen LogP contribution in [-0.4, -0.2) is 42.6 Å². The number of hydrogen-bond acceptors (Lipinski definition) is 7. The highest BCUT2D eigenvalue weighted by molar-refractivity contribution is 6.04. The van der Waals surface area contributed by atoms with Crippen LogP contribution in [0.1, 0.15) is 74.3 Å². The number of nitrogen functional groups attached to an aromatic ring is 1. The van der Waals surface area contributed by atoms with Crippen LogP contribution in [0.5, 0.6) is 0 Å². The number of hydrogen-bond donors (Lipinski definition) is 3. The van der Waals surface area contributed by atoms with Crippen molar-refractivity contribution in [3.63, 3.8) is 0 Å². The van der Waals surface area contributed by atoms with Crippen LogP contribution in [-0.2, 0) is 4.79 Å². The summed E-state index contributed by atoms with van der Waals surface area (Å²) in [5.41, 5.74) is 10.1. The second kappa shape index (κ2) is 11.5. The fraction of sp³-hybridized carbons (Fsp3) is 0.333. The quantitative estimate of drug-likeness (QED) is 0.309. The Morgan fingerprint density at radius 3 is 2.50 bits per heavy atom. The van der Waals surface area contributed by atoms with Crippen molar-refractivity contribution in [1.29, 1.82) is 0 Å². The van der Waals surface area contributed by atoms with Gasteiger partial charge in [-0.3, -0.25) is 9.59 Å². The number of carbonyl (C=O) groups is 2. The minimum Gasteiger partial charge on any atom is -0.383 e. The Morgan fingerprint density at radius 1 is 1.05 bits per heavy atom. The van der Waals surface area contributed by atoms with Gasteiger partial charge in [0.1, 0.15) is 23.7 Å². The number of fused-ring (bicyclic) bond motifs is 1.